The lowest BCUT2D eigenvalue weighted by Crippen LogP contribution is -2.33. The molecule has 0 bridgehead atoms. The highest BCUT2D eigenvalue weighted by Gasteiger charge is 2.34. The minimum absolute atomic E-state index is 0.0899. The van der Waals surface area contributed by atoms with E-state index in [1.807, 2.05) is 0 Å². The molecule has 3 nitrogen and oxygen atoms in total. The van der Waals surface area contributed by atoms with Crippen LogP contribution in [0.25, 0.3) is 55.0 Å². The molecule has 3 heterocycles. The Morgan fingerprint density at radius 2 is 1.39 bits per heavy atom. The molecule has 0 fully saturated rings. The zero-order valence-electron chi connectivity index (χ0n) is 17.6. The minimum Gasteiger partial charge on any atom is -0.318 e. The lowest BCUT2D eigenvalue weighted by molar-refractivity contribution is 0.360. The van der Waals surface area contributed by atoms with Gasteiger partial charge in [-0.05, 0) is 65.6 Å². The van der Waals surface area contributed by atoms with Gasteiger partial charge in [-0.1, -0.05) is 60.7 Å². The van der Waals surface area contributed by atoms with Crippen LogP contribution in [0.3, 0.4) is 0 Å². The third-order valence-corrected chi connectivity index (χ3v) is 6.80. The van der Waals surface area contributed by atoms with Crippen LogP contribution in [0.4, 0.5) is 0 Å². The molecule has 0 amide bonds. The largest absolute Gasteiger partial charge is 0.318 e. The Morgan fingerprint density at radius 3 is 2.16 bits per heavy atom. The van der Waals surface area contributed by atoms with E-state index in [-0.39, 0.29) is 5.54 Å². The quantitative estimate of drug-likeness (QED) is 0.262. The van der Waals surface area contributed by atoms with Crippen LogP contribution in [0.1, 0.15) is 19.4 Å². The molecule has 0 saturated carbocycles. The van der Waals surface area contributed by atoms with Crippen molar-refractivity contribution < 1.29 is 0 Å². The van der Waals surface area contributed by atoms with Crippen molar-refractivity contribution in [3.05, 3.63) is 84.4 Å². The van der Waals surface area contributed by atoms with Crippen LogP contribution in [0.15, 0.2) is 78.9 Å². The first-order valence-corrected chi connectivity index (χ1v) is 10.8. The third kappa shape index (κ3) is 2.29. The van der Waals surface area contributed by atoms with Gasteiger partial charge >= 0.3 is 0 Å². The van der Waals surface area contributed by atoms with Crippen LogP contribution in [0.5, 0.6) is 0 Å². The van der Waals surface area contributed by atoms with Crippen LogP contribution in [0.2, 0.25) is 0 Å². The van der Waals surface area contributed by atoms with Crippen LogP contribution in [0, 0.1) is 0 Å². The van der Waals surface area contributed by atoms with Crippen LogP contribution in [-0.4, -0.2) is 14.5 Å². The lowest BCUT2D eigenvalue weighted by Gasteiger charge is -2.36. The summed E-state index contributed by atoms with van der Waals surface area (Å²) in [4.78, 5) is 10.2. The molecule has 2 aromatic heterocycles. The number of hydrogen-bond acceptors (Lipinski definition) is 2. The number of fused-ring (bicyclic) bond motifs is 9. The summed E-state index contributed by atoms with van der Waals surface area (Å²) in [6.45, 7) is 4.62. The number of benzene rings is 4. The Hall–Kier alpha value is -3.72. The molecule has 0 N–H and O–H groups in total. The van der Waals surface area contributed by atoms with Gasteiger partial charge in [0.15, 0.2) is 5.65 Å². The normalized spacial score (nSPS) is 14.9. The fraction of sp³-hybridized carbons (Fsp3) is 0.143. The van der Waals surface area contributed by atoms with Gasteiger partial charge in [-0.2, -0.15) is 0 Å². The highest BCUT2D eigenvalue weighted by molar-refractivity contribution is 5.99. The predicted octanol–water partition coefficient (Wildman–Crippen LogP) is 6.85. The summed E-state index contributed by atoms with van der Waals surface area (Å²) >= 11 is 0. The topological polar surface area (TPSA) is 30.7 Å². The summed E-state index contributed by atoms with van der Waals surface area (Å²) in [6, 6.07) is 28.2. The van der Waals surface area contributed by atoms with Crippen LogP contribution in [-0.2, 0) is 12.0 Å². The van der Waals surface area contributed by atoms with E-state index in [4.69, 9.17) is 9.97 Å². The van der Waals surface area contributed by atoms with Crippen molar-refractivity contribution in [2.45, 2.75) is 25.8 Å². The molecule has 0 spiro atoms. The molecule has 0 radical (unpaired) electrons. The van der Waals surface area contributed by atoms with E-state index in [1.54, 1.807) is 0 Å². The number of rotatable bonds is 0. The highest BCUT2D eigenvalue weighted by Crippen LogP contribution is 2.44. The van der Waals surface area contributed by atoms with Gasteiger partial charge < -0.3 is 4.57 Å². The maximum Gasteiger partial charge on any atom is 0.160 e. The summed E-state index contributed by atoms with van der Waals surface area (Å²) in [6.07, 6.45) is 0.970. The number of hydrogen-bond donors (Lipinski definition) is 0. The standard InChI is InChI=1S/C28H21N3/c1-28(2)16-22-20-10-6-5-7-17(20)11-12-21(22)26-15-25-27(31(26)28)30-24-14-19-9-4-3-8-18(19)13-23(24)29-25/h3-15H,16H2,1-2H3. The van der Waals surface area contributed by atoms with Gasteiger partial charge in [0.2, 0.25) is 0 Å². The molecular formula is C28H21N3. The van der Waals surface area contributed by atoms with E-state index in [1.165, 1.54) is 38.4 Å². The molecule has 31 heavy (non-hydrogen) atoms. The Labute approximate surface area is 180 Å². The van der Waals surface area contributed by atoms with Crippen molar-refractivity contribution in [3.63, 3.8) is 0 Å². The fourth-order valence-corrected chi connectivity index (χ4v) is 5.41. The SMILES string of the molecule is CC1(C)Cc2c(ccc3ccccc23)-c2cc3nc4cc5ccccc5cc4nc3n21. The molecule has 0 unspecified atom stereocenters. The molecule has 0 saturated heterocycles. The summed E-state index contributed by atoms with van der Waals surface area (Å²) in [5, 5.41) is 5.05. The molecular weight excluding hydrogens is 378 g/mol. The van der Waals surface area contributed by atoms with Gasteiger partial charge in [0.05, 0.1) is 16.7 Å². The van der Waals surface area contributed by atoms with E-state index in [0.29, 0.717) is 0 Å². The maximum absolute atomic E-state index is 5.13. The Bertz CT molecular complexity index is 1690. The Morgan fingerprint density at radius 1 is 0.710 bits per heavy atom. The lowest BCUT2D eigenvalue weighted by atomic mass is 9.83. The molecule has 3 heteroatoms. The number of aromatic nitrogens is 3. The van der Waals surface area contributed by atoms with Gasteiger partial charge in [-0.15, -0.1) is 0 Å². The van der Waals surface area contributed by atoms with Gasteiger partial charge in [0.1, 0.15) is 5.52 Å². The molecule has 0 atom stereocenters. The van der Waals surface area contributed by atoms with E-state index in [9.17, 15) is 0 Å². The third-order valence-electron chi connectivity index (χ3n) is 6.80. The molecule has 148 valence electrons. The monoisotopic (exact) mass is 399 g/mol. The summed E-state index contributed by atoms with van der Waals surface area (Å²) in [5.41, 5.74) is 7.69. The van der Waals surface area contributed by atoms with Gasteiger partial charge in [-0.3, -0.25) is 0 Å². The van der Waals surface area contributed by atoms with E-state index in [0.717, 1.165) is 28.6 Å². The van der Waals surface area contributed by atoms with Crippen molar-refractivity contribution >= 4 is 43.7 Å². The average molecular weight is 399 g/mol. The van der Waals surface area contributed by atoms with Crippen molar-refractivity contribution in [2.24, 2.45) is 0 Å². The average Bonchev–Trinajstić information content (AvgIpc) is 3.15. The Balaban J connectivity index is 1.59. The van der Waals surface area contributed by atoms with E-state index >= 15 is 0 Å². The first-order chi connectivity index (χ1) is 15.1. The first-order valence-electron chi connectivity index (χ1n) is 10.8. The number of nitrogens with zero attached hydrogens (tertiary/aromatic N) is 3. The zero-order chi connectivity index (χ0) is 20.7. The Kier molecular flexibility index (Phi) is 3.13. The fourth-order valence-electron chi connectivity index (χ4n) is 5.41. The predicted molar refractivity (Wildman–Crippen MR) is 129 cm³/mol. The minimum atomic E-state index is -0.0899. The molecule has 1 aliphatic rings. The molecule has 4 aromatic carbocycles. The van der Waals surface area contributed by atoms with Gasteiger partial charge in [0, 0.05) is 11.1 Å². The second-order valence-corrected chi connectivity index (χ2v) is 9.29. The van der Waals surface area contributed by atoms with Gasteiger partial charge in [-0.25, -0.2) is 9.97 Å². The van der Waals surface area contributed by atoms with E-state index in [2.05, 4.69) is 97.3 Å². The van der Waals surface area contributed by atoms with Crippen LogP contribution < -0.4 is 0 Å². The first kappa shape index (κ1) is 17.0. The maximum atomic E-state index is 5.13. The second-order valence-electron chi connectivity index (χ2n) is 9.29. The molecule has 6 aromatic rings. The van der Waals surface area contributed by atoms with Crippen molar-refractivity contribution in [2.75, 3.05) is 0 Å². The van der Waals surface area contributed by atoms with Gasteiger partial charge in [0.25, 0.3) is 0 Å². The smallest absolute Gasteiger partial charge is 0.160 e. The summed E-state index contributed by atoms with van der Waals surface area (Å²) < 4.78 is 2.40. The molecule has 0 aliphatic carbocycles. The molecule has 7 rings (SSSR count). The van der Waals surface area contributed by atoms with E-state index < -0.39 is 0 Å². The van der Waals surface area contributed by atoms with Crippen LogP contribution >= 0.6 is 0 Å². The highest BCUT2D eigenvalue weighted by atomic mass is 15.1. The van der Waals surface area contributed by atoms with Crippen molar-refractivity contribution in [1.29, 1.82) is 0 Å². The van der Waals surface area contributed by atoms with Crippen molar-refractivity contribution in [3.8, 4) is 11.3 Å². The van der Waals surface area contributed by atoms with Crippen molar-refractivity contribution in [1.82, 2.24) is 14.5 Å². The second kappa shape index (κ2) is 5.70. The summed E-state index contributed by atoms with van der Waals surface area (Å²) in [5.74, 6) is 0. The zero-order valence-corrected chi connectivity index (χ0v) is 17.6. The summed E-state index contributed by atoms with van der Waals surface area (Å²) in [7, 11) is 0. The molecule has 1 aliphatic heterocycles.